The minimum Gasteiger partial charge on any atom is -0.458 e. The summed E-state index contributed by atoms with van der Waals surface area (Å²) in [4.78, 5) is 13.1. The van der Waals surface area contributed by atoms with Gasteiger partial charge in [0.05, 0.1) is 12.2 Å². The van der Waals surface area contributed by atoms with Crippen LogP contribution < -0.4 is 5.32 Å². The number of esters is 1. The molecule has 0 heterocycles. The molecule has 0 aromatic carbocycles. The van der Waals surface area contributed by atoms with Crippen LogP contribution in [0.25, 0.3) is 0 Å². The number of carbonyl (C=O) groups excluding carboxylic acids is 1. The fourth-order valence-electron chi connectivity index (χ4n) is 2.96. The summed E-state index contributed by atoms with van der Waals surface area (Å²) >= 11 is 0. The summed E-state index contributed by atoms with van der Waals surface area (Å²) in [5.74, 6) is -0.135. The van der Waals surface area contributed by atoms with Crippen LogP contribution in [0.2, 0.25) is 0 Å². The van der Waals surface area contributed by atoms with Gasteiger partial charge in [-0.2, -0.15) is 0 Å². The zero-order valence-electron chi connectivity index (χ0n) is 19.1. The van der Waals surface area contributed by atoms with E-state index in [4.69, 9.17) is 9.47 Å². The van der Waals surface area contributed by atoms with Gasteiger partial charge in [-0.25, -0.2) is 0 Å². The van der Waals surface area contributed by atoms with Crippen molar-refractivity contribution in [2.45, 2.75) is 125 Å². The van der Waals surface area contributed by atoms with Crippen molar-refractivity contribution in [2.24, 2.45) is 5.41 Å². The quantitative estimate of drug-likeness (QED) is 0.461. The van der Waals surface area contributed by atoms with E-state index >= 15 is 0 Å². The van der Waals surface area contributed by atoms with Gasteiger partial charge in [0.25, 0.3) is 0 Å². The van der Waals surface area contributed by atoms with Crippen LogP contribution in [0.1, 0.15) is 101 Å². The summed E-state index contributed by atoms with van der Waals surface area (Å²) in [6, 6.07) is 0.0440. The van der Waals surface area contributed by atoms with Crippen molar-refractivity contribution in [1.29, 1.82) is 0 Å². The topological polar surface area (TPSA) is 47.6 Å². The summed E-state index contributed by atoms with van der Waals surface area (Å²) in [6.45, 7) is 21.4. The number of hydrogen-bond donors (Lipinski definition) is 1. The van der Waals surface area contributed by atoms with Gasteiger partial charge in [0.15, 0.2) is 0 Å². The van der Waals surface area contributed by atoms with E-state index in [1.807, 2.05) is 34.6 Å². The highest BCUT2D eigenvalue weighted by Gasteiger charge is 2.40. The molecule has 1 N–H and O–H groups in total. The van der Waals surface area contributed by atoms with Crippen molar-refractivity contribution >= 4 is 5.97 Å². The molecule has 4 nitrogen and oxygen atoms in total. The van der Waals surface area contributed by atoms with Crippen molar-refractivity contribution in [1.82, 2.24) is 5.32 Å². The van der Waals surface area contributed by atoms with E-state index in [9.17, 15) is 4.79 Å². The Morgan fingerprint density at radius 2 is 1.42 bits per heavy atom. The predicted molar refractivity (Wildman–Crippen MR) is 110 cm³/mol. The molecule has 0 aliphatic rings. The van der Waals surface area contributed by atoms with Crippen molar-refractivity contribution < 1.29 is 14.3 Å². The first-order valence-electron chi connectivity index (χ1n) is 10.5. The molecule has 0 spiro atoms. The van der Waals surface area contributed by atoms with E-state index in [1.54, 1.807) is 0 Å². The molecule has 0 saturated heterocycles. The largest absolute Gasteiger partial charge is 0.458 e. The molecule has 26 heavy (non-hydrogen) atoms. The van der Waals surface area contributed by atoms with Crippen LogP contribution in [0.15, 0.2) is 0 Å². The van der Waals surface area contributed by atoms with Crippen LogP contribution in [-0.2, 0) is 14.3 Å². The van der Waals surface area contributed by atoms with Gasteiger partial charge in [-0.1, -0.05) is 34.6 Å². The van der Waals surface area contributed by atoms with Gasteiger partial charge in [0.2, 0.25) is 0 Å². The van der Waals surface area contributed by atoms with Gasteiger partial charge in [0.1, 0.15) is 11.6 Å². The van der Waals surface area contributed by atoms with Crippen LogP contribution in [0.5, 0.6) is 0 Å². The normalized spacial score (nSPS) is 14.6. The Balaban J connectivity index is 5.15. The highest BCUT2D eigenvalue weighted by Crippen LogP contribution is 2.32. The Labute approximate surface area is 162 Å². The molecule has 1 unspecified atom stereocenters. The van der Waals surface area contributed by atoms with E-state index in [0.29, 0.717) is 19.1 Å². The second kappa shape index (κ2) is 10.7. The van der Waals surface area contributed by atoms with E-state index in [2.05, 4.69) is 39.9 Å². The third-order valence-electron chi connectivity index (χ3n) is 5.55. The summed E-state index contributed by atoms with van der Waals surface area (Å²) in [5.41, 5.74) is -0.834. The Hall–Kier alpha value is -0.610. The highest BCUT2D eigenvalue weighted by molar-refractivity contribution is 5.77. The molecular weight excluding hydrogens is 326 g/mol. The van der Waals surface area contributed by atoms with Gasteiger partial charge in [-0.15, -0.1) is 0 Å². The maximum Gasteiger partial charge on any atom is 0.324 e. The number of nitrogens with one attached hydrogen (secondary N) is 1. The van der Waals surface area contributed by atoms with Crippen LogP contribution in [0.4, 0.5) is 0 Å². The van der Waals surface area contributed by atoms with E-state index in [0.717, 1.165) is 25.7 Å². The molecular formula is C22H45NO3. The smallest absolute Gasteiger partial charge is 0.324 e. The van der Waals surface area contributed by atoms with Crippen LogP contribution >= 0.6 is 0 Å². The Bertz CT molecular complexity index is 404. The Morgan fingerprint density at radius 1 is 0.923 bits per heavy atom. The molecule has 0 radical (unpaired) electrons. The zero-order chi connectivity index (χ0) is 20.6. The maximum absolute atomic E-state index is 13.1. The molecule has 156 valence electrons. The number of hydrogen-bond acceptors (Lipinski definition) is 4. The second-order valence-corrected chi connectivity index (χ2v) is 9.37. The van der Waals surface area contributed by atoms with Crippen LogP contribution in [0.3, 0.4) is 0 Å². The first-order chi connectivity index (χ1) is 11.8. The zero-order valence-corrected chi connectivity index (χ0v) is 19.1. The minimum atomic E-state index is -0.543. The summed E-state index contributed by atoms with van der Waals surface area (Å²) < 4.78 is 11.8. The van der Waals surface area contributed by atoms with E-state index < -0.39 is 5.60 Å². The van der Waals surface area contributed by atoms with Gasteiger partial charge in [0, 0.05) is 12.5 Å². The average molecular weight is 372 g/mol. The molecule has 0 aromatic rings. The van der Waals surface area contributed by atoms with Gasteiger partial charge in [-0.3, -0.25) is 4.79 Å². The molecule has 0 bridgehead atoms. The molecule has 0 rings (SSSR count). The molecule has 1 atom stereocenters. The van der Waals surface area contributed by atoms with Crippen molar-refractivity contribution in [3.63, 3.8) is 0 Å². The third-order valence-corrected chi connectivity index (χ3v) is 5.55. The fourth-order valence-corrected chi connectivity index (χ4v) is 2.96. The lowest BCUT2D eigenvalue weighted by molar-refractivity contribution is -0.165. The maximum atomic E-state index is 13.1. The minimum absolute atomic E-state index is 0.113. The molecule has 0 aliphatic carbocycles. The monoisotopic (exact) mass is 371 g/mol. The first-order valence-corrected chi connectivity index (χ1v) is 10.5. The predicted octanol–water partition coefficient (Wildman–Crippen LogP) is 5.49. The standard InChI is InChI=1S/C22H45NO3/c1-11-17(12-2)23-18(22(10,13-3)14-4)19(24)26-21(8,9)15-16-25-20(5,6)7/h17-18,23H,11-16H2,1-10H3. The second-order valence-electron chi connectivity index (χ2n) is 9.37. The molecule has 0 fully saturated rings. The number of carbonyl (C=O) groups is 1. The highest BCUT2D eigenvalue weighted by atomic mass is 16.6. The molecule has 0 amide bonds. The van der Waals surface area contributed by atoms with E-state index in [1.165, 1.54) is 0 Å². The van der Waals surface area contributed by atoms with Crippen molar-refractivity contribution in [3.8, 4) is 0 Å². The number of rotatable bonds is 12. The molecule has 0 aromatic heterocycles. The van der Waals surface area contributed by atoms with Crippen LogP contribution in [-0.4, -0.2) is 35.9 Å². The van der Waals surface area contributed by atoms with Gasteiger partial charge < -0.3 is 14.8 Å². The lowest BCUT2D eigenvalue weighted by Gasteiger charge is -2.39. The fraction of sp³-hybridized carbons (Fsp3) is 0.955. The molecule has 0 aliphatic heterocycles. The van der Waals surface area contributed by atoms with Crippen molar-refractivity contribution in [2.75, 3.05) is 6.61 Å². The van der Waals surface area contributed by atoms with Crippen LogP contribution in [0, 0.1) is 5.41 Å². The lowest BCUT2D eigenvalue weighted by atomic mass is 9.76. The third kappa shape index (κ3) is 8.85. The van der Waals surface area contributed by atoms with Gasteiger partial charge in [-0.05, 0) is 65.7 Å². The average Bonchev–Trinajstić information content (AvgIpc) is 2.53. The Kier molecular flexibility index (Phi) is 10.4. The van der Waals surface area contributed by atoms with E-state index in [-0.39, 0.29) is 23.0 Å². The summed E-state index contributed by atoms with van der Waals surface area (Å²) in [7, 11) is 0. The lowest BCUT2D eigenvalue weighted by Crippen LogP contribution is -2.54. The Morgan fingerprint density at radius 3 is 1.81 bits per heavy atom. The molecule has 0 saturated carbocycles. The molecule has 4 heteroatoms. The summed E-state index contributed by atoms with van der Waals surface area (Å²) in [6.07, 6.45) is 4.57. The van der Waals surface area contributed by atoms with Gasteiger partial charge >= 0.3 is 5.97 Å². The first kappa shape index (κ1) is 25.4. The SMILES string of the molecule is CCC(CC)NC(C(=O)OC(C)(C)CCOC(C)(C)C)C(C)(CC)CC. The van der Waals surface area contributed by atoms with Crippen molar-refractivity contribution in [3.05, 3.63) is 0 Å². The number of ether oxygens (including phenoxy) is 2. The summed E-state index contributed by atoms with van der Waals surface area (Å²) in [5, 5.41) is 3.59.